The Labute approximate surface area is 187 Å². The Morgan fingerprint density at radius 3 is 2.50 bits per heavy atom. The zero-order valence-electron chi connectivity index (χ0n) is 19.1. The summed E-state index contributed by atoms with van der Waals surface area (Å²) in [4.78, 5) is 28.0. The molecule has 8 nitrogen and oxygen atoms in total. The van der Waals surface area contributed by atoms with Crippen molar-refractivity contribution in [3.63, 3.8) is 0 Å². The zero-order valence-corrected chi connectivity index (χ0v) is 19.1. The first kappa shape index (κ1) is 24.0. The van der Waals surface area contributed by atoms with Gasteiger partial charge in [-0.25, -0.2) is 14.0 Å². The number of halogens is 1. The van der Waals surface area contributed by atoms with Crippen molar-refractivity contribution in [3.05, 3.63) is 29.2 Å². The summed E-state index contributed by atoms with van der Waals surface area (Å²) < 4.78 is 31.5. The molecule has 9 heteroatoms. The Kier molecular flexibility index (Phi) is 7.12. The first-order chi connectivity index (χ1) is 15.2. The average Bonchev–Trinajstić information content (AvgIpc) is 2.98. The number of allylic oxidation sites excluding steroid dienone is 1. The van der Waals surface area contributed by atoms with E-state index >= 15 is 4.39 Å². The largest absolute Gasteiger partial charge is 0.491 e. The molecule has 0 atom stereocenters. The van der Waals surface area contributed by atoms with Crippen molar-refractivity contribution in [1.29, 1.82) is 0 Å². The van der Waals surface area contributed by atoms with Crippen LogP contribution >= 0.6 is 0 Å². The highest BCUT2D eigenvalue weighted by atomic mass is 19.1. The Morgan fingerprint density at radius 1 is 1.25 bits per heavy atom. The highest BCUT2D eigenvalue weighted by Gasteiger charge is 2.52. The van der Waals surface area contributed by atoms with E-state index in [2.05, 4.69) is 5.94 Å². The lowest BCUT2D eigenvalue weighted by Gasteiger charge is -2.40. The predicted molar refractivity (Wildman–Crippen MR) is 116 cm³/mol. The van der Waals surface area contributed by atoms with E-state index in [-0.39, 0.29) is 19.0 Å². The molecule has 1 fully saturated rings. The van der Waals surface area contributed by atoms with Crippen molar-refractivity contribution in [1.82, 2.24) is 4.90 Å². The normalized spacial score (nSPS) is 17.4. The summed E-state index contributed by atoms with van der Waals surface area (Å²) in [6, 6.07) is 2.95. The number of anilines is 1. The van der Waals surface area contributed by atoms with Gasteiger partial charge in [-0.2, -0.15) is 0 Å². The van der Waals surface area contributed by atoms with E-state index in [1.165, 1.54) is 6.07 Å². The number of fused-ring (bicyclic) bond motifs is 2. The van der Waals surface area contributed by atoms with E-state index < -0.39 is 22.9 Å². The van der Waals surface area contributed by atoms with Gasteiger partial charge in [0, 0.05) is 44.4 Å². The molecular formula is C23H31FN2O6. The van der Waals surface area contributed by atoms with Crippen molar-refractivity contribution in [2.24, 2.45) is 0 Å². The third kappa shape index (κ3) is 4.60. The fourth-order valence-corrected chi connectivity index (χ4v) is 4.45. The maximum Gasteiger partial charge on any atom is 0.410 e. The number of methoxy groups -OCH3 is 1. The first-order valence-electron chi connectivity index (χ1n) is 10.7. The third-order valence-corrected chi connectivity index (χ3v) is 5.78. The van der Waals surface area contributed by atoms with E-state index in [0.717, 1.165) is 0 Å². The number of likely N-dealkylation sites (tertiary alicyclic amines) is 1. The number of benzene rings is 1. The lowest BCUT2D eigenvalue weighted by molar-refractivity contribution is 0.0180. The maximum absolute atomic E-state index is 15.4. The minimum absolute atomic E-state index is 0.0304. The van der Waals surface area contributed by atoms with Gasteiger partial charge in [0.2, 0.25) is 0 Å². The molecule has 2 aliphatic heterocycles. The lowest BCUT2D eigenvalue weighted by atomic mass is 9.72. The molecule has 1 amide bonds. The van der Waals surface area contributed by atoms with Gasteiger partial charge in [-0.3, -0.25) is 0 Å². The average molecular weight is 451 g/mol. The number of nitrogens with zero attached hydrogens (tertiary/aromatic N) is 2. The van der Waals surface area contributed by atoms with Gasteiger partial charge in [0.05, 0.1) is 24.3 Å². The minimum atomic E-state index is -0.900. The SMILES string of the molecule is COCCN1C(=C=O)C2(CCN(C(=O)OC(C)(C)C)CC2)c2c(F)cc(OCCO)cc21. The zero-order chi connectivity index (χ0) is 23.5. The van der Waals surface area contributed by atoms with Gasteiger partial charge in [0.1, 0.15) is 35.4 Å². The molecule has 2 heterocycles. The number of ether oxygens (including phenoxy) is 3. The van der Waals surface area contributed by atoms with E-state index in [1.807, 2.05) is 0 Å². The van der Waals surface area contributed by atoms with Crippen LogP contribution in [0.15, 0.2) is 17.8 Å². The number of rotatable bonds is 6. The number of aliphatic hydroxyl groups excluding tert-OH is 1. The standard InChI is InChI=1S/C23H31FN2O6/c1-22(2,3)32-21(29)25-7-5-23(6-8-25)19(15-28)26(9-11-30-4)18-14-16(31-12-10-27)13-17(24)20(18)23/h13-14,27H,5-12H2,1-4H3. The molecule has 0 aliphatic carbocycles. The minimum Gasteiger partial charge on any atom is -0.491 e. The number of carbonyl (C=O) groups is 1. The lowest BCUT2D eigenvalue weighted by Crippen LogP contribution is -2.48. The topological polar surface area (TPSA) is 88.5 Å². The Balaban J connectivity index is 1.97. The van der Waals surface area contributed by atoms with Gasteiger partial charge < -0.3 is 29.1 Å². The summed E-state index contributed by atoms with van der Waals surface area (Å²) in [5.41, 5.74) is -0.241. The third-order valence-electron chi connectivity index (χ3n) is 5.78. The summed E-state index contributed by atoms with van der Waals surface area (Å²) in [5, 5.41) is 9.03. The molecule has 1 aromatic rings. The second kappa shape index (κ2) is 9.48. The number of hydrogen-bond donors (Lipinski definition) is 1. The Morgan fingerprint density at radius 2 is 1.94 bits per heavy atom. The fourth-order valence-electron chi connectivity index (χ4n) is 4.45. The second-order valence-electron chi connectivity index (χ2n) is 9.02. The molecule has 0 aromatic heterocycles. The summed E-state index contributed by atoms with van der Waals surface area (Å²) >= 11 is 0. The highest BCUT2D eigenvalue weighted by Crippen LogP contribution is 2.54. The van der Waals surface area contributed by atoms with E-state index in [1.54, 1.807) is 43.7 Å². The molecule has 176 valence electrons. The van der Waals surface area contributed by atoms with Gasteiger partial charge in [0.15, 0.2) is 0 Å². The molecule has 0 unspecified atom stereocenters. The molecule has 1 aromatic carbocycles. The van der Waals surface area contributed by atoms with Gasteiger partial charge in [0.25, 0.3) is 0 Å². The van der Waals surface area contributed by atoms with Crippen molar-refractivity contribution in [3.8, 4) is 5.75 Å². The van der Waals surface area contributed by atoms with Gasteiger partial charge >= 0.3 is 6.09 Å². The number of amides is 1. The summed E-state index contributed by atoms with van der Waals surface area (Å²) in [6.07, 6.45) is 0.300. The molecule has 3 rings (SSSR count). The van der Waals surface area contributed by atoms with Crippen LogP contribution in [0, 0.1) is 5.82 Å². The molecule has 2 aliphatic rings. The Bertz CT molecular complexity index is 898. The van der Waals surface area contributed by atoms with Gasteiger partial charge in [-0.1, -0.05) is 0 Å². The summed E-state index contributed by atoms with van der Waals surface area (Å²) in [6.45, 7) is 6.55. The van der Waals surface area contributed by atoms with Crippen LogP contribution < -0.4 is 9.64 Å². The van der Waals surface area contributed by atoms with E-state index in [0.29, 0.717) is 56.0 Å². The fraction of sp³-hybridized carbons (Fsp3) is 0.609. The molecule has 1 saturated heterocycles. The quantitative estimate of drug-likeness (QED) is 0.667. The van der Waals surface area contributed by atoms with Crippen LogP contribution in [-0.2, 0) is 19.7 Å². The predicted octanol–water partition coefficient (Wildman–Crippen LogP) is 2.65. The van der Waals surface area contributed by atoms with Crippen molar-refractivity contribution in [2.45, 2.75) is 44.6 Å². The highest BCUT2D eigenvalue weighted by molar-refractivity contribution is 5.80. The van der Waals surface area contributed by atoms with Crippen LogP contribution in [0.3, 0.4) is 0 Å². The molecule has 1 spiro atoms. The van der Waals surface area contributed by atoms with Crippen LogP contribution in [0.2, 0.25) is 0 Å². The van der Waals surface area contributed by atoms with Crippen molar-refractivity contribution >= 4 is 17.7 Å². The van der Waals surface area contributed by atoms with Gasteiger partial charge in [-0.05, 0) is 33.6 Å². The maximum atomic E-state index is 15.4. The smallest absolute Gasteiger partial charge is 0.410 e. The number of piperidine rings is 1. The van der Waals surface area contributed by atoms with Crippen molar-refractivity contribution in [2.75, 3.05) is 51.5 Å². The molecule has 0 radical (unpaired) electrons. The molecule has 0 bridgehead atoms. The second-order valence-corrected chi connectivity index (χ2v) is 9.02. The van der Waals surface area contributed by atoms with E-state index in [4.69, 9.17) is 19.3 Å². The van der Waals surface area contributed by atoms with Crippen LogP contribution in [0.4, 0.5) is 14.9 Å². The molecular weight excluding hydrogens is 419 g/mol. The number of carbonyl (C=O) groups excluding carboxylic acids is 2. The van der Waals surface area contributed by atoms with Crippen LogP contribution in [0.25, 0.3) is 0 Å². The van der Waals surface area contributed by atoms with Crippen molar-refractivity contribution < 1.29 is 33.3 Å². The first-order valence-corrected chi connectivity index (χ1v) is 10.7. The summed E-state index contributed by atoms with van der Waals surface area (Å²) in [5.74, 6) is 1.84. The van der Waals surface area contributed by atoms with Gasteiger partial charge in [-0.15, -0.1) is 0 Å². The number of hydrogen-bond acceptors (Lipinski definition) is 7. The van der Waals surface area contributed by atoms with Crippen LogP contribution in [-0.4, -0.2) is 74.2 Å². The van der Waals surface area contributed by atoms with Crippen LogP contribution in [0.1, 0.15) is 39.2 Å². The van der Waals surface area contributed by atoms with Crippen LogP contribution in [0.5, 0.6) is 5.75 Å². The monoisotopic (exact) mass is 450 g/mol. The molecule has 32 heavy (non-hydrogen) atoms. The Hall–Kier alpha value is -2.61. The molecule has 1 N–H and O–H groups in total. The summed E-state index contributed by atoms with van der Waals surface area (Å²) in [7, 11) is 1.55. The number of aliphatic hydroxyl groups is 1. The molecule has 0 saturated carbocycles. The van der Waals surface area contributed by atoms with E-state index in [9.17, 15) is 9.59 Å².